The summed E-state index contributed by atoms with van der Waals surface area (Å²) in [6.07, 6.45) is 1.39. The zero-order chi connectivity index (χ0) is 19.1. The number of carbonyl (C=O) groups is 1. The first kappa shape index (κ1) is 18.2. The minimum atomic E-state index is -0.455. The maximum atomic E-state index is 11.8. The number of nitrogens with zero attached hydrogens (tertiary/aromatic N) is 2. The van der Waals surface area contributed by atoms with Crippen LogP contribution in [0.2, 0.25) is 5.02 Å². The molecule has 6 nitrogen and oxygen atoms in total. The number of nitrogens with one attached hydrogen (secondary N) is 1. The Kier molecular flexibility index (Phi) is 5.87. The first-order valence-corrected chi connectivity index (χ1v) is 8.33. The van der Waals surface area contributed by atoms with E-state index < -0.39 is 5.91 Å². The SMILES string of the molecule is N#Cc1ccccc1OCC(=O)N/N=C\c1ccc(-c2ccc(Cl)cc2)o1. The second kappa shape index (κ2) is 8.70. The molecule has 7 heteroatoms. The number of rotatable bonds is 6. The number of benzene rings is 2. The van der Waals surface area contributed by atoms with Crippen LogP contribution in [0.4, 0.5) is 0 Å². The Morgan fingerprint density at radius 1 is 1.19 bits per heavy atom. The number of hydrogen-bond donors (Lipinski definition) is 1. The Morgan fingerprint density at radius 2 is 1.96 bits per heavy atom. The van der Waals surface area contributed by atoms with E-state index in [1.165, 1.54) is 6.21 Å². The van der Waals surface area contributed by atoms with Gasteiger partial charge in [0, 0.05) is 10.6 Å². The van der Waals surface area contributed by atoms with Crippen molar-refractivity contribution in [3.8, 4) is 23.1 Å². The molecule has 2 aromatic carbocycles. The number of para-hydroxylation sites is 1. The standard InChI is InChI=1S/C20H14ClN3O3/c21-16-7-5-14(6-8-16)19-10-9-17(27-19)12-23-24-20(25)13-26-18-4-2-1-3-15(18)11-22/h1-10,12H,13H2,(H,24,25)/b23-12-. The van der Waals surface area contributed by atoms with Crippen LogP contribution in [-0.2, 0) is 4.79 Å². The molecule has 0 unspecified atom stereocenters. The van der Waals surface area contributed by atoms with Gasteiger partial charge >= 0.3 is 0 Å². The molecule has 0 spiro atoms. The first-order valence-electron chi connectivity index (χ1n) is 7.95. The van der Waals surface area contributed by atoms with Crippen LogP contribution in [0.15, 0.2) is 70.2 Å². The van der Waals surface area contributed by atoms with Crippen molar-refractivity contribution in [3.05, 3.63) is 77.0 Å². The third kappa shape index (κ3) is 4.97. The fraction of sp³-hybridized carbons (Fsp3) is 0.0500. The Morgan fingerprint density at radius 3 is 2.74 bits per heavy atom. The number of furan rings is 1. The molecule has 134 valence electrons. The van der Waals surface area contributed by atoms with E-state index in [1.807, 2.05) is 18.2 Å². The van der Waals surface area contributed by atoms with Gasteiger partial charge in [0.2, 0.25) is 0 Å². The highest BCUT2D eigenvalue weighted by atomic mass is 35.5. The lowest BCUT2D eigenvalue weighted by Crippen LogP contribution is -2.24. The van der Waals surface area contributed by atoms with Crippen molar-refractivity contribution in [2.24, 2.45) is 5.10 Å². The van der Waals surface area contributed by atoms with Crippen LogP contribution in [0.25, 0.3) is 11.3 Å². The molecule has 1 N–H and O–H groups in total. The third-order valence-corrected chi connectivity index (χ3v) is 3.75. The van der Waals surface area contributed by atoms with Gasteiger partial charge in [0.1, 0.15) is 23.3 Å². The molecular formula is C20H14ClN3O3. The van der Waals surface area contributed by atoms with Crippen LogP contribution < -0.4 is 10.2 Å². The maximum absolute atomic E-state index is 11.8. The van der Waals surface area contributed by atoms with Gasteiger partial charge < -0.3 is 9.15 Å². The van der Waals surface area contributed by atoms with Crippen LogP contribution in [0.1, 0.15) is 11.3 Å². The molecule has 1 aromatic heterocycles. The van der Waals surface area contributed by atoms with Crippen LogP contribution in [0, 0.1) is 11.3 Å². The average Bonchev–Trinajstić information content (AvgIpc) is 3.16. The lowest BCUT2D eigenvalue weighted by atomic mass is 10.2. The van der Waals surface area contributed by atoms with Gasteiger partial charge in [-0.15, -0.1) is 0 Å². The summed E-state index contributed by atoms with van der Waals surface area (Å²) in [7, 11) is 0. The fourth-order valence-corrected chi connectivity index (χ4v) is 2.35. The van der Waals surface area contributed by atoms with E-state index in [0.717, 1.165) is 5.56 Å². The quantitative estimate of drug-likeness (QED) is 0.518. The Bertz CT molecular complexity index is 1000. The monoisotopic (exact) mass is 379 g/mol. The van der Waals surface area contributed by atoms with Gasteiger partial charge in [-0.2, -0.15) is 10.4 Å². The predicted molar refractivity (Wildman–Crippen MR) is 102 cm³/mol. The van der Waals surface area contributed by atoms with E-state index in [0.29, 0.717) is 27.9 Å². The van der Waals surface area contributed by atoms with Crippen molar-refractivity contribution in [2.75, 3.05) is 6.61 Å². The lowest BCUT2D eigenvalue weighted by molar-refractivity contribution is -0.123. The maximum Gasteiger partial charge on any atom is 0.277 e. The van der Waals surface area contributed by atoms with Gasteiger partial charge in [-0.1, -0.05) is 23.7 Å². The predicted octanol–water partition coefficient (Wildman–Crippen LogP) is 4.00. The van der Waals surface area contributed by atoms with Crippen molar-refractivity contribution < 1.29 is 13.9 Å². The summed E-state index contributed by atoms with van der Waals surface area (Å²) in [6, 6.07) is 19.5. The summed E-state index contributed by atoms with van der Waals surface area (Å²) in [5, 5.41) is 13.5. The summed E-state index contributed by atoms with van der Waals surface area (Å²) >= 11 is 5.87. The smallest absolute Gasteiger partial charge is 0.277 e. The molecule has 0 saturated heterocycles. The van der Waals surface area contributed by atoms with Crippen LogP contribution in [0.5, 0.6) is 5.75 Å². The minimum Gasteiger partial charge on any atom is -0.482 e. The summed E-state index contributed by atoms with van der Waals surface area (Å²) < 4.78 is 11.0. The molecule has 0 fully saturated rings. The zero-order valence-corrected chi connectivity index (χ0v) is 14.8. The minimum absolute atomic E-state index is 0.260. The Balaban J connectivity index is 1.52. The van der Waals surface area contributed by atoms with Crippen molar-refractivity contribution in [1.29, 1.82) is 5.26 Å². The summed E-state index contributed by atoms with van der Waals surface area (Å²) in [5.74, 6) is 1.04. The number of nitriles is 1. The topological polar surface area (TPSA) is 87.6 Å². The van der Waals surface area contributed by atoms with Gasteiger partial charge in [-0.05, 0) is 48.5 Å². The average molecular weight is 380 g/mol. The Labute approximate surface area is 160 Å². The molecule has 0 aliphatic heterocycles. The Hall–Kier alpha value is -3.56. The van der Waals surface area contributed by atoms with Crippen molar-refractivity contribution in [2.45, 2.75) is 0 Å². The molecule has 1 heterocycles. The molecule has 3 rings (SSSR count). The number of amides is 1. The highest BCUT2D eigenvalue weighted by molar-refractivity contribution is 6.30. The molecule has 27 heavy (non-hydrogen) atoms. The second-order valence-corrected chi connectivity index (χ2v) is 5.84. The van der Waals surface area contributed by atoms with Crippen molar-refractivity contribution in [3.63, 3.8) is 0 Å². The van der Waals surface area contributed by atoms with Crippen molar-refractivity contribution >= 4 is 23.7 Å². The van der Waals surface area contributed by atoms with E-state index in [4.69, 9.17) is 26.0 Å². The number of hydrazone groups is 1. The second-order valence-electron chi connectivity index (χ2n) is 5.40. The molecule has 1 amide bonds. The molecule has 0 saturated carbocycles. The van der Waals surface area contributed by atoms with E-state index in [9.17, 15) is 4.79 Å². The van der Waals surface area contributed by atoms with E-state index in [1.54, 1.807) is 48.5 Å². The third-order valence-electron chi connectivity index (χ3n) is 3.50. The van der Waals surface area contributed by atoms with E-state index in [2.05, 4.69) is 10.5 Å². The number of ether oxygens (including phenoxy) is 1. The van der Waals surface area contributed by atoms with E-state index >= 15 is 0 Å². The van der Waals surface area contributed by atoms with Gasteiger partial charge in [0.25, 0.3) is 5.91 Å². The summed E-state index contributed by atoms with van der Waals surface area (Å²) in [6.45, 7) is -0.260. The van der Waals surface area contributed by atoms with Crippen molar-refractivity contribution in [1.82, 2.24) is 5.43 Å². The first-order chi connectivity index (χ1) is 13.2. The van der Waals surface area contributed by atoms with Crippen LogP contribution >= 0.6 is 11.6 Å². The normalized spacial score (nSPS) is 10.5. The van der Waals surface area contributed by atoms with E-state index in [-0.39, 0.29) is 6.61 Å². The molecule has 0 atom stereocenters. The molecule has 0 aliphatic carbocycles. The highest BCUT2D eigenvalue weighted by Gasteiger charge is 2.06. The largest absolute Gasteiger partial charge is 0.482 e. The van der Waals surface area contributed by atoms with Gasteiger partial charge in [0.15, 0.2) is 6.61 Å². The number of carbonyl (C=O) groups excluding carboxylic acids is 1. The molecule has 0 aliphatic rings. The molecular weight excluding hydrogens is 366 g/mol. The lowest BCUT2D eigenvalue weighted by Gasteiger charge is -2.05. The van der Waals surface area contributed by atoms with Gasteiger partial charge in [-0.25, -0.2) is 5.43 Å². The van der Waals surface area contributed by atoms with Gasteiger partial charge in [-0.3, -0.25) is 4.79 Å². The summed E-state index contributed by atoms with van der Waals surface area (Å²) in [4.78, 5) is 11.8. The molecule has 0 bridgehead atoms. The highest BCUT2D eigenvalue weighted by Crippen LogP contribution is 2.23. The molecule has 0 radical (unpaired) electrons. The fourth-order valence-electron chi connectivity index (χ4n) is 2.22. The summed E-state index contributed by atoms with van der Waals surface area (Å²) in [5.41, 5.74) is 3.58. The van der Waals surface area contributed by atoms with Crippen LogP contribution in [-0.4, -0.2) is 18.7 Å². The molecule has 3 aromatic rings. The van der Waals surface area contributed by atoms with Crippen LogP contribution in [0.3, 0.4) is 0 Å². The number of hydrogen-bond acceptors (Lipinski definition) is 5. The zero-order valence-electron chi connectivity index (χ0n) is 14.1. The van der Waals surface area contributed by atoms with Gasteiger partial charge in [0.05, 0.1) is 11.8 Å². The number of halogens is 1.